The predicted octanol–water partition coefficient (Wildman–Crippen LogP) is 2.97. The van der Waals surface area contributed by atoms with Crippen LogP contribution in [0.3, 0.4) is 0 Å². The molecule has 0 spiro atoms. The van der Waals surface area contributed by atoms with E-state index >= 15 is 0 Å². The molecule has 0 aliphatic carbocycles. The van der Waals surface area contributed by atoms with Crippen molar-refractivity contribution in [2.24, 2.45) is 17.8 Å². The van der Waals surface area contributed by atoms with Gasteiger partial charge in [-0.15, -0.1) is 0 Å². The standard InChI is InChI=1S/C56H90N6O16S/c1-11-39(4)50(44(71-9)37-48(66)61-22-15-18-43(61)51(72-10)40(5)52(79)57-42(54(68)69)36-41-16-13-12-14-17-41)60(8)53(67)49(38(2)3)58-55(70)56(6,7)59-45(63)21-24-73-26-28-75-30-32-77-34-35-78-33-31-76-29-27-74-25-23-62-46(64)19-20-47(62)65/h12-14,16-17,19-20,38-40,42-44,49-51H,11,15,18,21-37H2,1-10H3,(H,57,79)(H,58,70)(H,59,63)(H,68,69)/t39-,40+,42-,43-,44+,49-,50-,51+/m0/s1. The maximum Gasteiger partial charge on any atom is 0.326 e. The van der Waals surface area contributed by atoms with E-state index < -0.39 is 59.6 Å². The molecule has 1 aromatic carbocycles. The van der Waals surface area contributed by atoms with E-state index in [1.807, 2.05) is 65.0 Å². The Morgan fingerprint density at radius 3 is 1.81 bits per heavy atom. The summed E-state index contributed by atoms with van der Waals surface area (Å²) in [5.41, 5.74) is -0.535. The van der Waals surface area contributed by atoms with Crippen LogP contribution in [0.5, 0.6) is 0 Å². The first kappa shape index (κ1) is 68.3. The average Bonchev–Trinajstić information content (AvgIpc) is 4.06. The highest BCUT2D eigenvalue weighted by Gasteiger charge is 2.43. The van der Waals surface area contributed by atoms with Crippen LogP contribution in [0.25, 0.3) is 0 Å². The van der Waals surface area contributed by atoms with Crippen LogP contribution < -0.4 is 16.0 Å². The maximum absolute atomic E-state index is 14.5. The fourth-order valence-corrected chi connectivity index (χ4v) is 9.63. The monoisotopic (exact) mass is 1130 g/mol. The summed E-state index contributed by atoms with van der Waals surface area (Å²) >= 11 is 5.77. The number of aliphatic carboxylic acids is 1. The van der Waals surface area contributed by atoms with E-state index in [2.05, 4.69) is 16.0 Å². The molecule has 0 radical (unpaired) electrons. The van der Waals surface area contributed by atoms with Crippen LogP contribution in [0.1, 0.15) is 86.1 Å². The van der Waals surface area contributed by atoms with Gasteiger partial charge in [0.25, 0.3) is 11.8 Å². The number of nitrogens with zero attached hydrogens (tertiary/aromatic N) is 3. The van der Waals surface area contributed by atoms with Gasteiger partial charge in [-0.1, -0.05) is 83.6 Å². The molecule has 3 rings (SSSR count). The summed E-state index contributed by atoms with van der Waals surface area (Å²) < 4.78 is 45.0. The Morgan fingerprint density at radius 2 is 1.32 bits per heavy atom. The number of imide groups is 1. The van der Waals surface area contributed by atoms with Crippen molar-refractivity contribution in [3.05, 3.63) is 48.0 Å². The average molecular weight is 1140 g/mol. The molecule has 1 fully saturated rings. The summed E-state index contributed by atoms with van der Waals surface area (Å²) in [7, 11) is 4.74. The number of thiocarbonyl (C=S) groups is 1. The van der Waals surface area contributed by atoms with E-state index in [0.717, 1.165) is 16.9 Å². The molecule has 22 nitrogen and oxygen atoms in total. The number of amides is 6. The Kier molecular flexibility index (Phi) is 31.5. The molecule has 0 saturated carbocycles. The van der Waals surface area contributed by atoms with Gasteiger partial charge in [-0.3, -0.25) is 33.7 Å². The highest BCUT2D eigenvalue weighted by atomic mass is 32.1. The number of benzene rings is 1. The van der Waals surface area contributed by atoms with Crippen molar-refractivity contribution in [2.75, 3.05) is 114 Å². The lowest BCUT2D eigenvalue weighted by atomic mass is 9.89. The highest BCUT2D eigenvalue weighted by molar-refractivity contribution is 7.80. The molecule has 1 saturated heterocycles. The van der Waals surface area contributed by atoms with Gasteiger partial charge in [-0.25, -0.2) is 4.79 Å². The molecule has 0 bridgehead atoms. The van der Waals surface area contributed by atoms with Crippen LogP contribution in [0.2, 0.25) is 0 Å². The van der Waals surface area contributed by atoms with Crippen molar-refractivity contribution in [1.82, 2.24) is 30.7 Å². The minimum atomic E-state index is -1.39. The number of nitrogens with one attached hydrogen (secondary N) is 3. The largest absolute Gasteiger partial charge is 0.480 e. The zero-order chi connectivity index (χ0) is 58.5. The van der Waals surface area contributed by atoms with Gasteiger partial charge in [0, 0.05) is 58.7 Å². The number of methoxy groups -OCH3 is 2. The molecule has 79 heavy (non-hydrogen) atoms. The van der Waals surface area contributed by atoms with E-state index in [0.29, 0.717) is 77.2 Å². The molecule has 0 aromatic heterocycles. The van der Waals surface area contributed by atoms with Gasteiger partial charge < -0.3 is 68.8 Å². The molecular formula is C56H90N6O16S. The first-order valence-electron chi connectivity index (χ1n) is 27.5. The molecule has 6 amide bonds. The number of carboxylic acids is 1. The van der Waals surface area contributed by atoms with Crippen LogP contribution in [-0.2, 0) is 77.9 Å². The smallest absolute Gasteiger partial charge is 0.326 e. The van der Waals surface area contributed by atoms with E-state index in [9.17, 15) is 38.7 Å². The van der Waals surface area contributed by atoms with E-state index in [-0.39, 0.29) is 93.7 Å². The number of ether oxygens (including phenoxy) is 8. The lowest BCUT2D eigenvalue weighted by Gasteiger charge is -2.41. The topological polar surface area (TPSA) is 259 Å². The third kappa shape index (κ3) is 23.2. The van der Waals surface area contributed by atoms with Crippen molar-refractivity contribution >= 4 is 58.6 Å². The second-order valence-electron chi connectivity index (χ2n) is 20.6. The number of hydrogen-bond donors (Lipinski definition) is 4. The molecule has 2 aliphatic rings. The fourth-order valence-electron chi connectivity index (χ4n) is 9.36. The number of likely N-dealkylation sites (N-methyl/N-ethyl adjacent to an activating group) is 1. The number of hydrogen-bond acceptors (Lipinski definition) is 16. The number of likely N-dealkylation sites (tertiary alicyclic amines) is 1. The van der Waals surface area contributed by atoms with Crippen LogP contribution >= 0.6 is 12.2 Å². The highest BCUT2D eigenvalue weighted by Crippen LogP contribution is 2.30. The van der Waals surface area contributed by atoms with Gasteiger partial charge in [-0.05, 0) is 44.1 Å². The summed E-state index contributed by atoms with van der Waals surface area (Å²) in [5.74, 6) is -4.12. The molecule has 1 aromatic rings. The van der Waals surface area contributed by atoms with Gasteiger partial charge in [-0.2, -0.15) is 0 Å². The zero-order valence-corrected chi connectivity index (χ0v) is 49.0. The molecular weight excluding hydrogens is 1040 g/mol. The number of carbonyl (C=O) groups excluding carboxylic acids is 6. The minimum Gasteiger partial charge on any atom is -0.480 e. The number of carboxylic acid groups (broad SMARTS) is 1. The minimum absolute atomic E-state index is 0.0126. The normalized spacial score (nSPS) is 17.3. The lowest BCUT2D eigenvalue weighted by molar-refractivity contribution is -0.147. The molecule has 2 heterocycles. The molecule has 446 valence electrons. The summed E-state index contributed by atoms with van der Waals surface area (Å²) in [4.78, 5) is 95.8. The van der Waals surface area contributed by atoms with Gasteiger partial charge in [0.15, 0.2) is 0 Å². The maximum atomic E-state index is 14.5. The van der Waals surface area contributed by atoms with Crippen LogP contribution in [0.4, 0.5) is 0 Å². The van der Waals surface area contributed by atoms with Crippen LogP contribution in [0, 0.1) is 17.8 Å². The van der Waals surface area contributed by atoms with Crippen LogP contribution in [0.15, 0.2) is 42.5 Å². The van der Waals surface area contributed by atoms with E-state index in [1.54, 1.807) is 37.8 Å². The quantitative estimate of drug-likeness (QED) is 0.0418. The summed E-state index contributed by atoms with van der Waals surface area (Å²) in [5, 5.41) is 18.7. The Hall–Kier alpha value is -4.98. The van der Waals surface area contributed by atoms with E-state index in [4.69, 9.17) is 50.1 Å². The molecule has 0 unspecified atom stereocenters. The second-order valence-corrected chi connectivity index (χ2v) is 21.1. The van der Waals surface area contributed by atoms with Crippen molar-refractivity contribution < 1.29 is 76.6 Å². The number of carbonyl (C=O) groups is 7. The zero-order valence-electron chi connectivity index (χ0n) is 48.2. The van der Waals surface area contributed by atoms with Gasteiger partial charge in [0.2, 0.25) is 23.6 Å². The van der Waals surface area contributed by atoms with E-state index in [1.165, 1.54) is 19.3 Å². The molecule has 2 aliphatic heterocycles. The summed E-state index contributed by atoms with van der Waals surface area (Å²) in [6, 6.07) is 6.45. The first-order chi connectivity index (χ1) is 37.7. The first-order valence-corrected chi connectivity index (χ1v) is 27.9. The molecule has 8 atom stereocenters. The Balaban J connectivity index is 1.40. The molecule has 4 N–H and O–H groups in total. The summed E-state index contributed by atoms with van der Waals surface area (Å²) in [6.45, 7) is 17.1. The van der Waals surface area contributed by atoms with Crippen LogP contribution in [-0.4, -0.2) is 222 Å². The van der Waals surface area contributed by atoms with Gasteiger partial charge >= 0.3 is 5.97 Å². The van der Waals surface area contributed by atoms with Crippen molar-refractivity contribution in [1.29, 1.82) is 0 Å². The SMILES string of the molecule is CC[C@H](C)[C@@H]([C@@H](CC(=O)N1CCC[C@H]1[C@H](OC)[C@@H](C)C(=S)N[C@@H](Cc1ccccc1)C(=O)O)OC)N(C)C(=O)[C@@H](NC(=O)C(C)(C)NC(=O)CCOCCOCCOCCOCCOCCOCCN1C(=O)C=CC1=O)C(C)C. The van der Waals surface area contributed by atoms with Gasteiger partial charge in [0.05, 0.1) is 122 Å². The Labute approximate surface area is 472 Å². The van der Waals surface area contributed by atoms with Crippen molar-refractivity contribution in [3.8, 4) is 0 Å². The second kappa shape index (κ2) is 36.4. The predicted molar refractivity (Wildman–Crippen MR) is 298 cm³/mol. The Morgan fingerprint density at radius 1 is 0.785 bits per heavy atom. The number of rotatable bonds is 41. The van der Waals surface area contributed by atoms with Gasteiger partial charge in [0.1, 0.15) is 17.6 Å². The summed E-state index contributed by atoms with van der Waals surface area (Å²) in [6.07, 6.45) is 3.44. The van der Waals surface area contributed by atoms with Crippen molar-refractivity contribution in [2.45, 2.75) is 129 Å². The fraction of sp³-hybridized carbons (Fsp3) is 0.714. The lowest BCUT2D eigenvalue weighted by Crippen LogP contribution is -2.62. The molecule has 23 heteroatoms. The van der Waals surface area contributed by atoms with Crippen molar-refractivity contribution in [3.63, 3.8) is 0 Å². The third-order valence-corrected chi connectivity index (χ3v) is 14.6. The third-order valence-electron chi connectivity index (χ3n) is 14.1. The Bertz CT molecular complexity index is 2080.